The molecule has 24 heavy (non-hydrogen) atoms. The molecule has 0 bridgehead atoms. The number of phenols is 1. The number of ether oxygens (including phenoxy) is 1. The quantitative estimate of drug-likeness (QED) is 0.841. The lowest BCUT2D eigenvalue weighted by Crippen LogP contribution is -2.46. The van der Waals surface area contributed by atoms with Crippen LogP contribution in [0.3, 0.4) is 0 Å². The molecule has 2 aromatic carbocycles. The van der Waals surface area contributed by atoms with Crippen LogP contribution < -0.4 is 0 Å². The third-order valence-corrected chi connectivity index (χ3v) is 4.76. The van der Waals surface area contributed by atoms with Gasteiger partial charge in [-0.2, -0.15) is 0 Å². The second-order valence-corrected chi connectivity index (χ2v) is 7.05. The van der Waals surface area contributed by atoms with Gasteiger partial charge in [0.2, 0.25) is 0 Å². The Morgan fingerprint density at radius 1 is 1.25 bits per heavy atom. The predicted molar refractivity (Wildman–Crippen MR) is 96.2 cm³/mol. The van der Waals surface area contributed by atoms with Gasteiger partial charge in [-0.15, -0.1) is 0 Å². The Labute approximate surface area is 150 Å². The molecule has 1 aliphatic rings. The van der Waals surface area contributed by atoms with Gasteiger partial charge in [-0.3, -0.25) is 4.79 Å². The number of hydrogen-bond donors (Lipinski definition) is 1. The fourth-order valence-corrected chi connectivity index (χ4v) is 3.61. The van der Waals surface area contributed by atoms with Gasteiger partial charge in [0.05, 0.1) is 22.7 Å². The lowest BCUT2D eigenvalue weighted by atomic mass is 10.0. The van der Waals surface area contributed by atoms with E-state index in [1.807, 2.05) is 44.2 Å². The fraction of sp³-hybridized carbons (Fsp3) is 0.316. The summed E-state index contributed by atoms with van der Waals surface area (Å²) in [5, 5.41) is 10.2. The zero-order chi connectivity index (χ0) is 17.3. The van der Waals surface area contributed by atoms with Crippen LogP contribution in [0.25, 0.3) is 0 Å². The summed E-state index contributed by atoms with van der Waals surface area (Å²) < 4.78 is 6.53. The molecule has 126 valence electrons. The maximum atomic E-state index is 12.9. The number of morpholine rings is 1. The average Bonchev–Trinajstić information content (AvgIpc) is 2.57. The maximum absolute atomic E-state index is 12.9. The molecule has 1 N–H and O–H groups in total. The Balaban J connectivity index is 1.87. The van der Waals surface area contributed by atoms with Crippen LogP contribution in [0.4, 0.5) is 0 Å². The second kappa shape index (κ2) is 6.95. The van der Waals surface area contributed by atoms with E-state index >= 15 is 0 Å². The van der Waals surface area contributed by atoms with Gasteiger partial charge in [0.1, 0.15) is 11.9 Å². The maximum Gasteiger partial charge on any atom is 0.257 e. The molecule has 1 amide bonds. The monoisotopic (exact) mass is 389 g/mol. The predicted octanol–water partition coefficient (Wildman–Crippen LogP) is 4.07. The molecular weight excluding hydrogens is 370 g/mol. The number of hydrogen-bond acceptors (Lipinski definition) is 3. The summed E-state index contributed by atoms with van der Waals surface area (Å²) in [6, 6.07) is 13.4. The van der Waals surface area contributed by atoms with Crippen molar-refractivity contribution in [2.24, 2.45) is 0 Å². The van der Waals surface area contributed by atoms with E-state index in [1.54, 1.807) is 17.0 Å². The second-order valence-electron chi connectivity index (χ2n) is 6.20. The number of nitrogens with zero attached hydrogens (tertiary/aromatic N) is 1. The molecule has 5 heteroatoms. The van der Waals surface area contributed by atoms with Crippen molar-refractivity contribution in [1.82, 2.24) is 4.90 Å². The first-order chi connectivity index (χ1) is 11.5. The van der Waals surface area contributed by atoms with Crippen LogP contribution in [-0.2, 0) is 4.74 Å². The number of aromatic hydroxyl groups is 1. The molecule has 2 unspecified atom stereocenters. The van der Waals surface area contributed by atoms with E-state index in [1.165, 1.54) is 0 Å². The number of amides is 1. The van der Waals surface area contributed by atoms with E-state index < -0.39 is 0 Å². The number of phenolic OH excluding ortho intramolecular Hbond substituents is 1. The highest BCUT2D eigenvalue weighted by molar-refractivity contribution is 9.10. The summed E-state index contributed by atoms with van der Waals surface area (Å²) >= 11 is 3.30. The highest BCUT2D eigenvalue weighted by atomic mass is 79.9. The molecule has 1 aliphatic heterocycles. The molecule has 0 spiro atoms. The van der Waals surface area contributed by atoms with Gasteiger partial charge >= 0.3 is 0 Å². The number of halogens is 1. The van der Waals surface area contributed by atoms with E-state index in [0.717, 1.165) is 11.1 Å². The van der Waals surface area contributed by atoms with E-state index in [2.05, 4.69) is 15.9 Å². The molecule has 0 radical (unpaired) electrons. The third kappa shape index (κ3) is 3.47. The first-order valence-corrected chi connectivity index (χ1v) is 8.74. The minimum Gasteiger partial charge on any atom is -0.506 e. The van der Waals surface area contributed by atoms with Gasteiger partial charge in [-0.1, -0.05) is 30.3 Å². The average molecular weight is 390 g/mol. The molecule has 2 aromatic rings. The molecule has 0 aromatic heterocycles. The van der Waals surface area contributed by atoms with Crippen molar-refractivity contribution < 1.29 is 14.6 Å². The Morgan fingerprint density at radius 3 is 2.67 bits per heavy atom. The van der Waals surface area contributed by atoms with Gasteiger partial charge in [0.15, 0.2) is 0 Å². The number of carbonyl (C=O) groups is 1. The van der Waals surface area contributed by atoms with Gasteiger partial charge < -0.3 is 14.7 Å². The Morgan fingerprint density at radius 2 is 1.96 bits per heavy atom. The molecular formula is C19H20BrNO3. The van der Waals surface area contributed by atoms with Crippen molar-refractivity contribution in [3.05, 3.63) is 63.6 Å². The van der Waals surface area contributed by atoms with Crippen molar-refractivity contribution >= 4 is 21.8 Å². The van der Waals surface area contributed by atoms with Crippen molar-refractivity contribution in [3.63, 3.8) is 0 Å². The topological polar surface area (TPSA) is 49.8 Å². The highest BCUT2D eigenvalue weighted by Gasteiger charge is 2.31. The Kier molecular flexibility index (Phi) is 4.92. The summed E-state index contributed by atoms with van der Waals surface area (Å²) in [7, 11) is 0. The van der Waals surface area contributed by atoms with Crippen LogP contribution in [-0.4, -0.2) is 35.1 Å². The molecule has 1 saturated heterocycles. The summed E-state index contributed by atoms with van der Waals surface area (Å²) in [4.78, 5) is 14.7. The standard InChI is InChI=1S/C19H20BrNO3/c1-12-8-15(18(22)16(20)9-12)19(23)21-10-13(2)24-17(11-21)14-6-4-3-5-7-14/h3-9,13,17,22H,10-11H2,1-2H3. The largest absolute Gasteiger partial charge is 0.506 e. The van der Waals surface area contributed by atoms with Crippen LogP contribution in [0.15, 0.2) is 46.9 Å². The van der Waals surface area contributed by atoms with Crippen molar-refractivity contribution in [2.75, 3.05) is 13.1 Å². The summed E-state index contributed by atoms with van der Waals surface area (Å²) in [5.74, 6) is -0.186. The Hall–Kier alpha value is -1.85. The van der Waals surface area contributed by atoms with Crippen molar-refractivity contribution in [1.29, 1.82) is 0 Å². The smallest absolute Gasteiger partial charge is 0.257 e. The van der Waals surface area contributed by atoms with Crippen LogP contribution in [0.1, 0.15) is 34.5 Å². The first-order valence-electron chi connectivity index (χ1n) is 7.94. The van der Waals surface area contributed by atoms with E-state index in [0.29, 0.717) is 23.1 Å². The molecule has 3 rings (SSSR count). The minimum atomic E-state index is -0.173. The van der Waals surface area contributed by atoms with Crippen LogP contribution in [0.2, 0.25) is 0 Å². The third-order valence-electron chi connectivity index (χ3n) is 4.16. The van der Waals surface area contributed by atoms with E-state index in [4.69, 9.17) is 4.74 Å². The van der Waals surface area contributed by atoms with Gasteiger partial charge in [0, 0.05) is 6.54 Å². The molecule has 0 aliphatic carbocycles. The summed E-state index contributed by atoms with van der Waals surface area (Å²) in [6.07, 6.45) is -0.224. The Bertz CT molecular complexity index is 748. The fourth-order valence-electron chi connectivity index (χ4n) is 3.04. The minimum absolute atomic E-state index is 0.0130. The zero-order valence-electron chi connectivity index (χ0n) is 13.7. The number of rotatable bonds is 2. The van der Waals surface area contributed by atoms with Crippen LogP contribution in [0.5, 0.6) is 5.75 Å². The van der Waals surface area contributed by atoms with Crippen molar-refractivity contribution in [3.8, 4) is 5.75 Å². The van der Waals surface area contributed by atoms with Gasteiger partial charge in [0.25, 0.3) is 5.91 Å². The lowest BCUT2D eigenvalue weighted by Gasteiger charge is -2.37. The first kappa shape index (κ1) is 17.0. The molecule has 4 nitrogen and oxygen atoms in total. The molecule has 1 fully saturated rings. The number of aryl methyl sites for hydroxylation is 1. The van der Waals surface area contributed by atoms with Gasteiger partial charge in [-0.25, -0.2) is 0 Å². The summed E-state index contributed by atoms with van der Waals surface area (Å²) in [5.41, 5.74) is 2.29. The van der Waals surface area contributed by atoms with Crippen LogP contribution in [0, 0.1) is 6.92 Å². The normalized spacial score (nSPS) is 20.9. The van der Waals surface area contributed by atoms with Gasteiger partial charge in [-0.05, 0) is 53.0 Å². The highest BCUT2D eigenvalue weighted by Crippen LogP contribution is 2.32. The zero-order valence-corrected chi connectivity index (χ0v) is 15.3. The summed E-state index contributed by atoms with van der Waals surface area (Å²) in [6.45, 7) is 4.84. The number of carbonyl (C=O) groups excluding carboxylic acids is 1. The van der Waals surface area contributed by atoms with Crippen LogP contribution >= 0.6 is 15.9 Å². The molecule has 0 saturated carbocycles. The van der Waals surface area contributed by atoms with Crippen molar-refractivity contribution in [2.45, 2.75) is 26.1 Å². The van der Waals surface area contributed by atoms with E-state index in [9.17, 15) is 9.90 Å². The molecule has 2 atom stereocenters. The molecule has 1 heterocycles. The lowest BCUT2D eigenvalue weighted by molar-refractivity contribution is -0.0692. The SMILES string of the molecule is Cc1cc(Br)c(O)c(C(=O)N2CC(C)OC(c3ccccc3)C2)c1. The number of benzene rings is 2. The van der Waals surface area contributed by atoms with E-state index in [-0.39, 0.29) is 23.9 Å².